The molecule has 2 aliphatic carbocycles. The predicted molar refractivity (Wildman–Crippen MR) is 259 cm³/mol. The molecule has 0 amide bonds. The van der Waals surface area contributed by atoms with E-state index in [1.807, 2.05) is 38.1 Å². The van der Waals surface area contributed by atoms with Gasteiger partial charge in [0.2, 0.25) is 0 Å². The summed E-state index contributed by atoms with van der Waals surface area (Å²) in [6.07, 6.45) is 16.7. The second-order valence-electron chi connectivity index (χ2n) is 18.5. The van der Waals surface area contributed by atoms with E-state index in [9.17, 15) is 48.3 Å². The first-order valence-electron chi connectivity index (χ1n) is 24.4. The smallest absolute Gasteiger partial charge is 0.429 e. The van der Waals surface area contributed by atoms with Crippen molar-refractivity contribution in [3.8, 4) is 39.1 Å². The number of alkyl halides is 2. The van der Waals surface area contributed by atoms with Gasteiger partial charge < -0.3 is 4.74 Å². The molecule has 0 heterocycles. The zero-order chi connectivity index (χ0) is 51.4. The number of aryl methyl sites for hydroxylation is 2. The number of ether oxygens (including phenoxy) is 1. The van der Waals surface area contributed by atoms with Crippen LogP contribution in [0.1, 0.15) is 109 Å². The lowest BCUT2D eigenvalue weighted by Gasteiger charge is -2.37. The quantitative estimate of drug-likeness (QED) is 0.0674. The molecule has 12 heteroatoms. The molecule has 6 aromatic carbocycles. The molecule has 378 valence electrons. The molecule has 1 nitrogen and oxygen atoms in total. The number of rotatable bonds is 12. The van der Waals surface area contributed by atoms with Crippen LogP contribution >= 0.6 is 0 Å². The molecule has 8 rings (SSSR count). The number of hydrogen-bond acceptors (Lipinski definition) is 1. The van der Waals surface area contributed by atoms with Crippen molar-refractivity contribution in [1.29, 1.82) is 0 Å². The monoisotopic (exact) mass is 992 g/mol. The molecule has 2 saturated carbocycles. The molecule has 0 bridgehead atoms. The van der Waals surface area contributed by atoms with Gasteiger partial charge >= 0.3 is 6.11 Å². The molecule has 0 atom stereocenters. The van der Waals surface area contributed by atoms with E-state index in [-0.39, 0.29) is 28.8 Å². The van der Waals surface area contributed by atoms with Gasteiger partial charge in [-0.2, -0.15) is 8.78 Å². The van der Waals surface area contributed by atoms with Gasteiger partial charge in [-0.05, 0) is 151 Å². The Morgan fingerprint density at radius 2 is 0.901 bits per heavy atom. The number of halogens is 11. The molecule has 6 aromatic rings. The van der Waals surface area contributed by atoms with E-state index in [0.717, 1.165) is 59.8 Å². The molecule has 2 aliphatic rings. The molecule has 0 unspecified atom stereocenters. The van der Waals surface area contributed by atoms with E-state index in [2.05, 4.69) is 30.7 Å². The summed E-state index contributed by atoms with van der Waals surface area (Å²) in [6, 6.07) is 22.0. The average molecular weight is 993 g/mol. The number of benzene rings is 6. The fraction of sp³-hybridized carbons (Fsp3) is 0.356. The summed E-state index contributed by atoms with van der Waals surface area (Å²) >= 11 is 0. The molecule has 0 aromatic heterocycles. The van der Waals surface area contributed by atoms with Crippen LogP contribution in [0, 0.1) is 76.0 Å². The number of hydrogen-bond donors (Lipinski definition) is 0. The van der Waals surface area contributed by atoms with Crippen molar-refractivity contribution in [2.45, 2.75) is 111 Å². The second kappa shape index (κ2) is 25.0. The summed E-state index contributed by atoms with van der Waals surface area (Å²) in [5.74, 6) is -10.6. The highest BCUT2D eigenvalue weighted by Gasteiger charge is 2.41. The fourth-order valence-corrected chi connectivity index (χ4v) is 9.75. The van der Waals surface area contributed by atoms with E-state index < -0.39 is 69.8 Å². The molecule has 0 N–H and O–H groups in total. The Hall–Kier alpha value is -5.91. The molecule has 2 fully saturated rings. The third kappa shape index (κ3) is 14.2. The zero-order valence-corrected chi connectivity index (χ0v) is 40.3. The van der Waals surface area contributed by atoms with Gasteiger partial charge in [0, 0.05) is 17.7 Å². The van der Waals surface area contributed by atoms with Crippen molar-refractivity contribution in [2.75, 3.05) is 0 Å². The van der Waals surface area contributed by atoms with Crippen LogP contribution in [0.5, 0.6) is 5.75 Å². The first kappa shape index (κ1) is 54.4. The van der Waals surface area contributed by atoms with Gasteiger partial charge in [-0.3, -0.25) is 0 Å². The fourth-order valence-electron chi connectivity index (χ4n) is 9.75. The Balaban J connectivity index is 0.000000179. The molecular weight excluding hydrogens is 934 g/mol. The molecular formula is C59H59F11O. The average Bonchev–Trinajstić information content (AvgIpc) is 3.35. The lowest BCUT2D eigenvalue weighted by molar-refractivity contribution is -0.189. The van der Waals surface area contributed by atoms with Crippen LogP contribution in [0.15, 0.2) is 115 Å². The van der Waals surface area contributed by atoms with Crippen molar-refractivity contribution in [3.63, 3.8) is 0 Å². The maximum Gasteiger partial charge on any atom is 0.432 e. The maximum atomic E-state index is 14.4. The lowest BCUT2D eigenvalue weighted by atomic mass is 9.69. The summed E-state index contributed by atoms with van der Waals surface area (Å²) in [5, 5.41) is 0. The van der Waals surface area contributed by atoms with E-state index in [0.29, 0.717) is 23.3 Å². The Morgan fingerprint density at radius 3 is 1.35 bits per heavy atom. The van der Waals surface area contributed by atoms with Crippen LogP contribution in [0.3, 0.4) is 0 Å². The largest absolute Gasteiger partial charge is 0.432 e. The van der Waals surface area contributed by atoms with Crippen LogP contribution in [-0.4, -0.2) is 0 Å². The van der Waals surface area contributed by atoms with Crippen molar-refractivity contribution < 1.29 is 53.0 Å². The molecule has 0 aliphatic heterocycles. The van der Waals surface area contributed by atoms with Gasteiger partial charge in [-0.25, -0.2) is 39.5 Å². The SMILES string of the molecule is C/C=C/C1CCC(C2CCC(CCC)CC2)CC1.CCc1ccc(-c2cc(F)c(C(F)(F)Oc3cc(F)c(F)c(F)c3)c(F)c2)cc1.CCc1ccc(-c2ccc(-c3cc(F)c(F)c(F)c3)c(F)c2)cc1. The Kier molecular flexibility index (Phi) is 19.1. The van der Waals surface area contributed by atoms with Crippen molar-refractivity contribution in [3.05, 3.63) is 184 Å². The molecule has 0 saturated heterocycles. The van der Waals surface area contributed by atoms with Gasteiger partial charge in [0.25, 0.3) is 0 Å². The van der Waals surface area contributed by atoms with Crippen LogP contribution in [0.2, 0.25) is 0 Å². The topological polar surface area (TPSA) is 9.23 Å². The molecule has 0 spiro atoms. The van der Waals surface area contributed by atoms with E-state index >= 15 is 0 Å². The zero-order valence-electron chi connectivity index (χ0n) is 40.3. The van der Waals surface area contributed by atoms with Crippen LogP contribution in [0.4, 0.5) is 48.3 Å². The minimum atomic E-state index is -4.62. The van der Waals surface area contributed by atoms with Gasteiger partial charge in [-0.15, -0.1) is 0 Å². The van der Waals surface area contributed by atoms with Crippen LogP contribution < -0.4 is 4.74 Å². The van der Waals surface area contributed by atoms with Crippen molar-refractivity contribution in [2.24, 2.45) is 23.7 Å². The standard InChI is InChI=1S/C21H13F7O.C20H14F4.C18H32/c1-2-11-3-5-12(6-4-11)13-7-15(22)19(16(23)8-13)21(27,28)29-14-9-17(24)20(26)18(25)10-14;1-2-12-3-5-13(6-4-12)14-7-8-16(17(21)9-14)15-10-18(22)20(24)19(23)11-15;1-3-5-15-7-11-17(12-8-15)18-13-9-16(6-4-2)10-14-18/h3-10H,2H2,1H3;3-11H,2H2,1H3;3,5,15-18H,4,6-14H2,1-2H3/b;;5-3+. The highest BCUT2D eigenvalue weighted by molar-refractivity contribution is 5.71. The van der Waals surface area contributed by atoms with Gasteiger partial charge in [0.15, 0.2) is 34.9 Å². The Morgan fingerprint density at radius 1 is 0.479 bits per heavy atom. The third-order valence-electron chi connectivity index (χ3n) is 13.7. The minimum absolute atomic E-state index is 0.0149. The maximum absolute atomic E-state index is 14.4. The minimum Gasteiger partial charge on any atom is -0.429 e. The second-order valence-corrected chi connectivity index (χ2v) is 18.5. The molecule has 71 heavy (non-hydrogen) atoms. The Labute approximate surface area is 409 Å². The Bertz CT molecular complexity index is 2650. The van der Waals surface area contributed by atoms with Crippen molar-refractivity contribution >= 4 is 0 Å². The van der Waals surface area contributed by atoms with Crippen LogP contribution in [0.25, 0.3) is 33.4 Å². The normalized spacial score (nSPS) is 18.1. The van der Waals surface area contributed by atoms with Gasteiger partial charge in [0.1, 0.15) is 28.8 Å². The first-order chi connectivity index (χ1) is 33.9. The highest BCUT2D eigenvalue weighted by Crippen LogP contribution is 2.43. The summed E-state index contributed by atoms with van der Waals surface area (Å²) in [7, 11) is 0. The third-order valence-corrected chi connectivity index (χ3v) is 13.7. The summed E-state index contributed by atoms with van der Waals surface area (Å²) in [4.78, 5) is 0. The lowest BCUT2D eigenvalue weighted by Crippen LogP contribution is -2.25. The highest BCUT2D eigenvalue weighted by atomic mass is 19.3. The first-order valence-corrected chi connectivity index (χ1v) is 24.4. The summed E-state index contributed by atoms with van der Waals surface area (Å²) in [5.41, 5.74) is 2.30. The van der Waals surface area contributed by atoms with Gasteiger partial charge in [0.05, 0.1) is 0 Å². The van der Waals surface area contributed by atoms with Crippen LogP contribution in [-0.2, 0) is 19.0 Å². The predicted octanol–water partition coefficient (Wildman–Crippen LogP) is 18.9. The summed E-state index contributed by atoms with van der Waals surface area (Å²) in [6.45, 7) is 8.48. The van der Waals surface area contributed by atoms with E-state index in [1.54, 1.807) is 43.2 Å². The van der Waals surface area contributed by atoms with E-state index in [1.165, 1.54) is 69.1 Å². The molecule has 0 radical (unpaired) electrons. The summed E-state index contributed by atoms with van der Waals surface area (Å²) < 4.78 is 155. The van der Waals surface area contributed by atoms with Crippen molar-refractivity contribution in [1.82, 2.24) is 0 Å². The van der Waals surface area contributed by atoms with E-state index in [4.69, 9.17) is 0 Å². The van der Waals surface area contributed by atoms with Gasteiger partial charge in [-0.1, -0.05) is 119 Å². The number of allylic oxidation sites excluding steroid dienone is 2.